The third kappa shape index (κ3) is 1.23. The molecule has 2 heterocycles. The molecule has 2 aromatic heterocycles. The maximum Gasteiger partial charge on any atom is 0.181 e. The van der Waals surface area contributed by atoms with E-state index in [1.807, 2.05) is 0 Å². The highest BCUT2D eigenvalue weighted by Crippen LogP contribution is 2.24. The van der Waals surface area contributed by atoms with Crippen LogP contribution in [0.15, 0.2) is 17.0 Å². The molecule has 2 aromatic rings. The van der Waals surface area contributed by atoms with Crippen LogP contribution in [0.1, 0.15) is 10.4 Å². The Kier molecular flexibility index (Phi) is 1.86. The SMILES string of the molecule is O=Cc1c(-c2cnco2)n[nH]c1Cl. The van der Waals surface area contributed by atoms with Crippen molar-refractivity contribution in [2.75, 3.05) is 0 Å². The summed E-state index contributed by atoms with van der Waals surface area (Å²) in [6, 6.07) is 0. The minimum absolute atomic E-state index is 0.196. The van der Waals surface area contributed by atoms with Gasteiger partial charge in [-0.2, -0.15) is 5.10 Å². The van der Waals surface area contributed by atoms with Crippen molar-refractivity contribution in [3.63, 3.8) is 0 Å². The van der Waals surface area contributed by atoms with Gasteiger partial charge in [0.05, 0.1) is 11.8 Å². The molecule has 0 amide bonds. The number of aromatic nitrogens is 3. The number of halogens is 1. The largest absolute Gasteiger partial charge is 0.442 e. The molecule has 2 rings (SSSR count). The van der Waals surface area contributed by atoms with Crippen LogP contribution in [0.4, 0.5) is 0 Å². The number of carbonyl (C=O) groups excluding carboxylic acids is 1. The van der Waals surface area contributed by atoms with Gasteiger partial charge in [0.15, 0.2) is 18.4 Å². The van der Waals surface area contributed by atoms with Gasteiger partial charge in [0.25, 0.3) is 0 Å². The molecule has 0 atom stereocenters. The Hall–Kier alpha value is -1.62. The first kappa shape index (κ1) is 8.00. The van der Waals surface area contributed by atoms with Crippen molar-refractivity contribution in [2.24, 2.45) is 0 Å². The second-order valence-corrected chi connectivity index (χ2v) is 2.66. The molecule has 0 spiro atoms. The van der Waals surface area contributed by atoms with Gasteiger partial charge >= 0.3 is 0 Å². The average molecular weight is 198 g/mol. The van der Waals surface area contributed by atoms with E-state index in [4.69, 9.17) is 16.0 Å². The van der Waals surface area contributed by atoms with Gasteiger partial charge < -0.3 is 4.42 Å². The van der Waals surface area contributed by atoms with Crippen LogP contribution in [-0.4, -0.2) is 21.5 Å². The Morgan fingerprint density at radius 3 is 3.08 bits per heavy atom. The molecule has 0 unspecified atom stereocenters. The number of aldehydes is 1. The first-order valence-electron chi connectivity index (χ1n) is 3.41. The molecule has 0 fully saturated rings. The van der Waals surface area contributed by atoms with Gasteiger partial charge in [0.2, 0.25) is 0 Å². The Balaban J connectivity index is 2.58. The number of nitrogens with zero attached hydrogens (tertiary/aromatic N) is 2. The van der Waals surface area contributed by atoms with Crippen molar-refractivity contribution in [3.8, 4) is 11.5 Å². The van der Waals surface area contributed by atoms with E-state index in [0.717, 1.165) is 0 Å². The smallest absolute Gasteiger partial charge is 0.181 e. The maximum atomic E-state index is 10.6. The highest BCUT2D eigenvalue weighted by molar-refractivity contribution is 6.32. The van der Waals surface area contributed by atoms with Crippen molar-refractivity contribution in [1.82, 2.24) is 15.2 Å². The van der Waals surface area contributed by atoms with E-state index in [1.54, 1.807) is 0 Å². The van der Waals surface area contributed by atoms with Crippen LogP contribution in [-0.2, 0) is 0 Å². The zero-order valence-corrected chi connectivity index (χ0v) is 7.08. The minimum Gasteiger partial charge on any atom is -0.442 e. The first-order valence-corrected chi connectivity index (χ1v) is 3.78. The van der Waals surface area contributed by atoms with Gasteiger partial charge in [0.1, 0.15) is 10.8 Å². The van der Waals surface area contributed by atoms with E-state index < -0.39 is 0 Å². The zero-order chi connectivity index (χ0) is 9.26. The van der Waals surface area contributed by atoms with Crippen molar-refractivity contribution in [2.45, 2.75) is 0 Å². The van der Waals surface area contributed by atoms with Crippen LogP contribution in [0.2, 0.25) is 5.15 Å². The van der Waals surface area contributed by atoms with Crippen LogP contribution in [0.5, 0.6) is 0 Å². The molecule has 0 radical (unpaired) electrons. The number of rotatable bonds is 2. The molecule has 0 aliphatic carbocycles. The molecular formula is C7H4ClN3O2. The topological polar surface area (TPSA) is 71.8 Å². The van der Waals surface area contributed by atoms with Crippen molar-refractivity contribution in [3.05, 3.63) is 23.3 Å². The molecule has 0 aromatic carbocycles. The van der Waals surface area contributed by atoms with E-state index >= 15 is 0 Å². The Morgan fingerprint density at radius 2 is 2.46 bits per heavy atom. The molecule has 0 aliphatic rings. The fraction of sp³-hybridized carbons (Fsp3) is 0. The summed E-state index contributed by atoms with van der Waals surface area (Å²) in [5.41, 5.74) is 0.649. The lowest BCUT2D eigenvalue weighted by Gasteiger charge is -1.88. The molecule has 0 aliphatic heterocycles. The number of H-pyrrole nitrogens is 1. The minimum atomic E-state index is 0.196. The van der Waals surface area contributed by atoms with Gasteiger partial charge in [0, 0.05) is 0 Å². The highest BCUT2D eigenvalue weighted by Gasteiger charge is 2.14. The number of carbonyl (C=O) groups is 1. The van der Waals surface area contributed by atoms with Gasteiger partial charge in [-0.05, 0) is 0 Å². The van der Waals surface area contributed by atoms with Gasteiger partial charge in [-0.25, -0.2) is 4.98 Å². The fourth-order valence-corrected chi connectivity index (χ4v) is 1.13. The summed E-state index contributed by atoms with van der Waals surface area (Å²) in [4.78, 5) is 14.3. The molecule has 5 nitrogen and oxygen atoms in total. The van der Waals surface area contributed by atoms with Gasteiger partial charge in [-0.1, -0.05) is 11.6 Å². The lowest BCUT2D eigenvalue weighted by molar-refractivity contribution is 0.112. The molecular weight excluding hydrogens is 194 g/mol. The summed E-state index contributed by atoms with van der Waals surface area (Å²) >= 11 is 5.65. The highest BCUT2D eigenvalue weighted by atomic mass is 35.5. The zero-order valence-electron chi connectivity index (χ0n) is 6.32. The number of hydrogen-bond donors (Lipinski definition) is 1. The normalized spacial score (nSPS) is 10.2. The molecule has 1 N–H and O–H groups in total. The van der Waals surface area contributed by atoms with Gasteiger partial charge in [-0.15, -0.1) is 0 Å². The summed E-state index contributed by atoms with van der Waals surface area (Å²) < 4.78 is 4.96. The molecule has 0 saturated heterocycles. The monoisotopic (exact) mass is 197 g/mol. The summed E-state index contributed by atoms with van der Waals surface area (Å²) in [5.74, 6) is 0.408. The second-order valence-electron chi connectivity index (χ2n) is 2.28. The lowest BCUT2D eigenvalue weighted by Crippen LogP contribution is -1.81. The van der Waals surface area contributed by atoms with Crippen molar-refractivity contribution >= 4 is 17.9 Å². The molecule has 6 heteroatoms. The Bertz CT molecular complexity index is 421. The quantitative estimate of drug-likeness (QED) is 0.741. The number of aromatic amines is 1. The summed E-state index contributed by atoms with van der Waals surface area (Å²) in [6.07, 6.45) is 3.33. The maximum absolute atomic E-state index is 10.6. The van der Waals surface area contributed by atoms with Crippen LogP contribution in [0.3, 0.4) is 0 Å². The molecule has 0 bridgehead atoms. The standard InChI is InChI=1S/C7H4ClN3O2/c8-7-4(2-12)6(10-11-7)5-1-9-3-13-5/h1-3H,(H,10,11). The van der Waals surface area contributed by atoms with Crippen LogP contribution >= 0.6 is 11.6 Å². The number of oxazole rings is 1. The van der Waals surface area contributed by atoms with Crippen molar-refractivity contribution in [1.29, 1.82) is 0 Å². The average Bonchev–Trinajstić information content (AvgIpc) is 2.71. The third-order valence-corrected chi connectivity index (χ3v) is 1.83. The molecule has 13 heavy (non-hydrogen) atoms. The Morgan fingerprint density at radius 1 is 1.62 bits per heavy atom. The third-order valence-electron chi connectivity index (χ3n) is 1.54. The van der Waals surface area contributed by atoms with Crippen LogP contribution in [0.25, 0.3) is 11.5 Å². The predicted molar refractivity (Wildman–Crippen MR) is 44.5 cm³/mol. The van der Waals surface area contributed by atoms with Gasteiger partial charge in [-0.3, -0.25) is 9.89 Å². The molecule has 66 valence electrons. The van der Waals surface area contributed by atoms with Crippen molar-refractivity contribution < 1.29 is 9.21 Å². The van der Waals surface area contributed by atoms with Crippen LogP contribution in [0, 0.1) is 0 Å². The fourth-order valence-electron chi connectivity index (χ4n) is 0.957. The summed E-state index contributed by atoms with van der Waals surface area (Å²) in [7, 11) is 0. The van der Waals surface area contributed by atoms with E-state index in [9.17, 15) is 4.79 Å². The number of nitrogens with one attached hydrogen (secondary N) is 1. The van der Waals surface area contributed by atoms with E-state index in [0.29, 0.717) is 17.7 Å². The lowest BCUT2D eigenvalue weighted by atomic mass is 10.2. The predicted octanol–water partition coefficient (Wildman–Crippen LogP) is 1.53. The number of hydrogen-bond acceptors (Lipinski definition) is 4. The Labute approximate surface area is 77.7 Å². The second kappa shape index (κ2) is 3.02. The summed E-state index contributed by atoms with van der Waals surface area (Å²) in [6.45, 7) is 0. The molecule has 0 saturated carbocycles. The van der Waals surface area contributed by atoms with Crippen LogP contribution < -0.4 is 0 Å². The van der Waals surface area contributed by atoms with E-state index in [2.05, 4.69) is 15.2 Å². The first-order chi connectivity index (χ1) is 6.33. The van der Waals surface area contributed by atoms with E-state index in [1.165, 1.54) is 12.6 Å². The van der Waals surface area contributed by atoms with E-state index in [-0.39, 0.29) is 10.7 Å². The summed E-state index contributed by atoms with van der Waals surface area (Å²) in [5, 5.41) is 6.48.